The first-order valence-electron chi connectivity index (χ1n) is 12.2. The highest BCUT2D eigenvalue weighted by Crippen LogP contribution is 2.58. The van der Waals surface area contributed by atoms with Crippen molar-refractivity contribution in [1.29, 1.82) is 0 Å². The van der Waals surface area contributed by atoms with Crippen LogP contribution in [0.5, 0.6) is 0 Å². The van der Waals surface area contributed by atoms with Crippen molar-refractivity contribution >= 4 is 17.7 Å². The number of allylic oxidation sites excluding steroid dienone is 2. The number of Topliss-reactive ketones (excluding diaryl/α,β-unsaturated/α-hetero) is 1. The zero-order chi connectivity index (χ0) is 25.0. The van der Waals surface area contributed by atoms with Gasteiger partial charge >= 0.3 is 11.9 Å². The monoisotopic (exact) mass is 460 g/mol. The maximum Gasteiger partial charge on any atom is 0.309 e. The minimum Gasteiger partial charge on any atom is -0.457 e. The molecule has 0 radical (unpaired) electrons. The van der Waals surface area contributed by atoms with Gasteiger partial charge in [0.05, 0.1) is 17.4 Å². The molecule has 6 nitrogen and oxygen atoms in total. The average Bonchev–Trinajstić information content (AvgIpc) is 2.94. The van der Waals surface area contributed by atoms with Gasteiger partial charge in [-0.1, -0.05) is 59.3 Å². The fourth-order valence-electron chi connectivity index (χ4n) is 6.15. The molecule has 0 amide bonds. The summed E-state index contributed by atoms with van der Waals surface area (Å²) in [6.07, 6.45) is 3.68. The van der Waals surface area contributed by atoms with Crippen molar-refractivity contribution < 1.29 is 29.0 Å². The number of hydrogen-bond donors (Lipinski definition) is 1. The molecule has 1 N–H and O–H groups in total. The lowest BCUT2D eigenvalue weighted by Crippen LogP contribution is -2.70. The molecule has 0 aromatic carbocycles. The van der Waals surface area contributed by atoms with Crippen LogP contribution in [0.15, 0.2) is 23.3 Å². The zero-order valence-corrected chi connectivity index (χ0v) is 21.5. The maximum atomic E-state index is 13.0. The summed E-state index contributed by atoms with van der Waals surface area (Å²) < 4.78 is 12.1. The normalized spacial score (nSPS) is 40.5. The molecule has 3 aliphatic carbocycles. The number of ether oxygens (including phenoxy) is 2. The Balaban J connectivity index is 2.18. The van der Waals surface area contributed by atoms with Crippen molar-refractivity contribution in [3.8, 4) is 0 Å². The van der Waals surface area contributed by atoms with Gasteiger partial charge in [0.25, 0.3) is 0 Å². The Morgan fingerprint density at radius 1 is 1.00 bits per heavy atom. The molecule has 0 spiro atoms. The molecule has 33 heavy (non-hydrogen) atoms. The molecule has 0 aromatic heterocycles. The zero-order valence-electron chi connectivity index (χ0n) is 21.5. The first-order chi connectivity index (χ1) is 15.2. The van der Waals surface area contributed by atoms with Gasteiger partial charge in [-0.2, -0.15) is 0 Å². The van der Waals surface area contributed by atoms with E-state index in [9.17, 15) is 19.5 Å². The molecule has 0 bridgehead atoms. The Bertz CT molecular complexity index is 898. The van der Waals surface area contributed by atoms with Crippen molar-refractivity contribution in [2.45, 2.75) is 86.0 Å². The van der Waals surface area contributed by atoms with Crippen LogP contribution in [0.2, 0.25) is 0 Å². The third kappa shape index (κ3) is 3.98. The molecule has 0 aliphatic heterocycles. The molecule has 1 fully saturated rings. The van der Waals surface area contributed by atoms with Gasteiger partial charge in [-0.15, -0.1) is 0 Å². The fourth-order valence-corrected chi connectivity index (χ4v) is 6.15. The van der Waals surface area contributed by atoms with Crippen molar-refractivity contribution in [2.24, 2.45) is 41.4 Å². The van der Waals surface area contributed by atoms with Gasteiger partial charge in [-0.25, -0.2) is 0 Å². The van der Waals surface area contributed by atoms with Crippen molar-refractivity contribution in [2.75, 3.05) is 0 Å². The van der Waals surface area contributed by atoms with E-state index in [-0.39, 0.29) is 41.3 Å². The van der Waals surface area contributed by atoms with Crippen molar-refractivity contribution in [3.63, 3.8) is 0 Å². The molecule has 0 saturated heterocycles. The first kappa shape index (κ1) is 25.7. The van der Waals surface area contributed by atoms with Gasteiger partial charge in [-0.3, -0.25) is 14.4 Å². The number of aliphatic hydroxyl groups is 1. The molecule has 8 atom stereocenters. The quantitative estimate of drug-likeness (QED) is 0.498. The second kappa shape index (κ2) is 8.68. The standard InChI is InChI=1S/C27H40O6/c1-13(2)24(29)32-23-18(8)27(31)20(17(7)26(23,9)33-25(30)14(3)4)11-15(5)10-19-21(27)12-16(6)22(19)28/h11-14,17-21,23,31H,10H2,1-9H3/t17-,18+,19-,20-,21+,23+,26+,27+/m0/s1. The Hall–Kier alpha value is -1.95. The Morgan fingerprint density at radius 2 is 1.58 bits per heavy atom. The molecule has 0 unspecified atom stereocenters. The van der Waals surface area contributed by atoms with E-state index in [4.69, 9.17) is 9.47 Å². The topological polar surface area (TPSA) is 89.9 Å². The number of carbonyl (C=O) groups is 3. The van der Waals surface area contributed by atoms with Gasteiger partial charge in [0.2, 0.25) is 0 Å². The van der Waals surface area contributed by atoms with E-state index in [0.29, 0.717) is 12.0 Å². The summed E-state index contributed by atoms with van der Waals surface area (Å²) in [4.78, 5) is 38.5. The van der Waals surface area contributed by atoms with Gasteiger partial charge in [-0.05, 0) is 32.8 Å². The highest BCUT2D eigenvalue weighted by atomic mass is 16.6. The average molecular weight is 461 g/mol. The molecule has 6 heteroatoms. The summed E-state index contributed by atoms with van der Waals surface area (Å²) in [5.74, 6) is -3.47. The highest BCUT2D eigenvalue weighted by Gasteiger charge is 2.67. The largest absolute Gasteiger partial charge is 0.457 e. The van der Waals surface area contributed by atoms with Crippen LogP contribution < -0.4 is 0 Å². The van der Waals surface area contributed by atoms with Gasteiger partial charge in [0.1, 0.15) is 11.7 Å². The van der Waals surface area contributed by atoms with Gasteiger partial charge in [0.15, 0.2) is 5.78 Å². The lowest BCUT2D eigenvalue weighted by molar-refractivity contribution is -0.261. The number of hydrogen-bond acceptors (Lipinski definition) is 6. The highest BCUT2D eigenvalue weighted by molar-refractivity contribution is 5.99. The SMILES string of the molecule is CC1=C[C@H]2[C@H](C)[C@@](C)(OC(=O)C(C)C)[C@H](OC(=O)C(C)C)[C@@H](C)[C@]2(O)[C@@H]2C=C(C)C(=O)[C@H]2C1. The molecule has 3 rings (SSSR count). The fraction of sp³-hybridized carbons (Fsp3) is 0.741. The van der Waals surface area contributed by atoms with E-state index in [1.807, 2.05) is 33.8 Å². The van der Waals surface area contributed by atoms with Crippen LogP contribution in [0.4, 0.5) is 0 Å². The van der Waals surface area contributed by atoms with Crippen LogP contribution in [-0.2, 0) is 23.9 Å². The summed E-state index contributed by atoms with van der Waals surface area (Å²) >= 11 is 0. The number of fused-ring (bicyclic) bond motifs is 3. The van der Waals surface area contributed by atoms with Crippen LogP contribution in [0, 0.1) is 41.4 Å². The third-order valence-corrected chi connectivity index (χ3v) is 8.36. The van der Waals surface area contributed by atoms with Crippen LogP contribution in [0.25, 0.3) is 0 Å². The summed E-state index contributed by atoms with van der Waals surface area (Å²) in [6.45, 7) is 16.5. The second-order valence-electron chi connectivity index (χ2n) is 11.3. The summed E-state index contributed by atoms with van der Waals surface area (Å²) in [5.41, 5.74) is -0.764. The minimum atomic E-state index is -1.33. The minimum absolute atomic E-state index is 0.0666. The second-order valence-corrected chi connectivity index (χ2v) is 11.3. The van der Waals surface area contributed by atoms with Crippen LogP contribution in [-0.4, -0.2) is 40.1 Å². The predicted molar refractivity (Wildman–Crippen MR) is 125 cm³/mol. The smallest absolute Gasteiger partial charge is 0.309 e. The molecule has 3 aliphatic rings. The van der Waals surface area contributed by atoms with Crippen LogP contribution in [0.3, 0.4) is 0 Å². The molecule has 0 aromatic rings. The van der Waals surface area contributed by atoms with Crippen molar-refractivity contribution in [3.05, 3.63) is 23.3 Å². The summed E-state index contributed by atoms with van der Waals surface area (Å²) in [5, 5.41) is 12.5. The summed E-state index contributed by atoms with van der Waals surface area (Å²) in [6, 6.07) is 0. The lowest BCUT2D eigenvalue weighted by atomic mass is 9.53. The van der Waals surface area contributed by atoms with Crippen LogP contribution >= 0.6 is 0 Å². The van der Waals surface area contributed by atoms with Gasteiger partial charge in [0, 0.05) is 29.6 Å². The predicted octanol–water partition coefficient (Wildman–Crippen LogP) is 4.26. The number of carbonyl (C=O) groups excluding carboxylic acids is 3. The van der Waals surface area contributed by atoms with E-state index in [1.54, 1.807) is 34.6 Å². The molecule has 0 heterocycles. The van der Waals surface area contributed by atoms with E-state index >= 15 is 0 Å². The van der Waals surface area contributed by atoms with Gasteiger partial charge < -0.3 is 14.6 Å². The van der Waals surface area contributed by atoms with Crippen molar-refractivity contribution in [1.82, 2.24) is 0 Å². The Morgan fingerprint density at radius 3 is 2.12 bits per heavy atom. The molecule has 184 valence electrons. The first-order valence-corrected chi connectivity index (χ1v) is 12.2. The van der Waals surface area contributed by atoms with E-state index in [1.165, 1.54) is 0 Å². The number of ketones is 1. The molecular formula is C27H40O6. The van der Waals surface area contributed by atoms with E-state index in [2.05, 4.69) is 6.08 Å². The van der Waals surface area contributed by atoms with Crippen LogP contribution in [0.1, 0.15) is 68.7 Å². The lowest BCUT2D eigenvalue weighted by Gasteiger charge is -2.59. The number of rotatable bonds is 4. The Labute approximate surface area is 197 Å². The summed E-state index contributed by atoms with van der Waals surface area (Å²) in [7, 11) is 0. The number of esters is 2. The molecular weight excluding hydrogens is 420 g/mol. The molecule has 1 saturated carbocycles. The van der Waals surface area contributed by atoms with E-state index in [0.717, 1.165) is 5.57 Å². The third-order valence-electron chi connectivity index (χ3n) is 8.36. The maximum absolute atomic E-state index is 13.0. The van der Waals surface area contributed by atoms with E-state index < -0.39 is 35.1 Å². The Kier molecular flexibility index (Phi) is 6.75.